The molecule has 12 heteroatoms. The quantitative estimate of drug-likeness (QED) is 0.455. The van der Waals surface area contributed by atoms with Gasteiger partial charge in [0.25, 0.3) is 5.24 Å². The lowest BCUT2D eigenvalue weighted by Gasteiger charge is -2.08. The summed E-state index contributed by atoms with van der Waals surface area (Å²) < 4.78 is 4.90. The molecule has 2 aliphatic rings. The summed E-state index contributed by atoms with van der Waals surface area (Å²) in [5, 5.41) is 15.0. The Balaban J connectivity index is 1.52. The van der Waals surface area contributed by atoms with E-state index in [-0.39, 0.29) is 35.2 Å². The zero-order valence-electron chi connectivity index (χ0n) is 15.3. The van der Waals surface area contributed by atoms with Crippen molar-refractivity contribution < 1.29 is 23.9 Å². The summed E-state index contributed by atoms with van der Waals surface area (Å²) in [6, 6.07) is 6.27. The standard InChI is InChI=1S/C17H17N5O5S2/c1-2-27-15(25)9-3-5-10(6-4-9)18-13(23)7-11-14(24)20-16(29-11)22-21-12-8-28-17(26)19-12/h3-6,11H,2,7-8H2,1H3,(H,18,23)(H,19,21,26)(H,20,22,24)/t11-/m0/s1. The summed E-state index contributed by atoms with van der Waals surface area (Å²) in [6.07, 6.45) is -0.0572. The fourth-order valence-electron chi connectivity index (χ4n) is 2.35. The van der Waals surface area contributed by atoms with Crippen LogP contribution in [0.5, 0.6) is 0 Å². The smallest absolute Gasteiger partial charge is 0.338 e. The first kappa shape index (κ1) is 20.9. The zero-order valence-corrected chi connectivity index (χ0v) is 16.9. The van der Waals surface area contributed by atoms with Gasteiger partial charge in [-0.15, -0.1) is 10.2 Å². The molecule has 0 radical (unpaired) electrons. The second-order valence-electron chi connectivity index (χ2n) is 5.80. The van der Waals surface area contributed by atoms with Gasteiger partial charge in [-0.2, -0.15) is 0 Å². The van der Waals surface area contributed by atoms with Gasteiger partial charge in [0.1, 0.15) is 11.1 Å². The minimum atomic E-state index is -0.639. The van der Waals surface area contributed by atoms with E-state index < -0.39 is 11.2 Å². The van der Waals surface area contributed by atoms with Crippen LogP contribution in [0.2, 0.25) is 0 Å². The topological polar surface area (TPSA) is 138 Å². The van der Waals surface area contributed by atoms with Crippen LogP contribution >= 0.6 is 23.5 Å². The number of ether oxygens (including phenoxy) is 1. The Hall–Kier alpha value is -2.86. The third kappa shape index (κ3) is 5.81. The summed E-state index contributed by atoms with van der Waals surface area (Å²) >= 11 is 2.17. The number of benzene rings is 1. The molecule has 1 aromatic carbocycles. The van der Waals surface area contributed by atoms with E-state index in [2.05, 4.69) is 26.2 Å². The second-order valence-corrected chi connectivity index (χ2v) is 7.94. The molecule has 0 bridgehead atoms. The molecule has 2 heterocycles. The van der Waals surface area contributed by atoms with Crippen molar-refractivity contribution in [3.05, 3.63) is 29.8 Å². The van der Waals surface area contributed by atoms with Crippen molar-refractivity contribution in [2.24, 2.45) is 10.2 Å². The van der Waals surface area contributed by atoms with E-state index in [1.165, 1.54) is 0 Å². The van der Waals surface area contributed by atoms with Gasteiger partial charge in [-0.1, -0.05) is 23.5 Å². The van der Waals surface area contributed by atoms with Crippen LogP contribution in [0.25, 0.3) is 0 Å². The number of amides is 3. The fourth-order valence-corrected chi connectivity index (χ4v) is 3.86. The number of nitrogens with zero attached hydrogens (tertiary/aromatic N) is 2. The minimum Gasteiger partial charge on any atom is -0.462 e. The molecule has 2 saturated heterocycles. The summed E-state index contributed by atoms with van der Waals surface area (Å²) in [7, 11) is 0. The first-order chi connectivity index (χ1) is 13.9. The number of amidine groups is 2. The number of carbonyl (C=O) groups is 4. The monoisotopic (exact) mass is 435 g/mol. The Morgan fingerprint density at radius 1 is 1.21 bits per heavy atom. The average molecular weight is 435 g/mol. The van der Waals surface area contributed by atoms with Crippen LogP contribution in [0.1, 0.15) is 23.7 Å². The van der Waals surface area contributed by atoms with Gasteiger partial charge in [-0.25, -0.2) is 4.79 Å². The van der Waals surface area contributed by atoms with Gasteiger partial charge in [-0.3, -0.25) is 14.4 Å². The van der Waals surface area contributed by atoms with E-state index in [1.54, 1.807) is 31.2 Å². The molecule has 1 aromatic rings. The first-order valence-electron chi connectivity index (χ1n) is 8.57. The number of hydrogen-bond donors (Lipinski definition) is 3. The van der Waals surface area contributed by atoms with Crippen molar-refractivity contribution in [1.29, 1.82) is 0 Å². The third-order valence-corrected chi connectivity index (χ3v) is 5.53. The summed E-state index contributed by atoms with van der Waals surface area (Å²) in [4.78, 5) is 47.0. The van der Waals surface area contributed by atoms with E-state index >= 15 is 0 Å². The van der Waals surface area contributed by atoms with Crippen LogP contribution in [-0.4, -0.2) is 51.6 Å². The molecule has 2 aliphatic heterocycles. The van der Waals surface area contributed by atoms with Crippen molar-refractivity contribution in [3.8, 4) is 0 Å². The largest absolute Gasteiger partial charge is 0.462 e. The lowest BCUT2D eigenvalue weighted by molar-refractivity contribution is -0.122. The predicted molar refractivity (Wildman–Crippen MR) is 111 cm³/mol. The molecule has 0 unspecified atom stereocenters. The molecule has 0 saturated carbocycles. The van der Waals surface area contributed by atoms with Crippen molar-refractivity contribution in [2.75, 3.05) is 17.7 Å². The fraction of sp³-hybridized carbons (Fsp3) is 0.294. The Morgan fingerprint density at radius 2 is 1.97 bits per heavy atom. The number of carbonyl (C=O) groups excluding carboxylic acids is 4. The van der Waals surface area contributed by atoms with Crippen LogP contribution < -0.4 is 16.0 Å². The van der Waals surface area contributed by atoms with E-state index in [4.69, 9.17) is 4.74 Å². The highest BCUT2D eigenvalue weighted by Crippen LogP contribution is 2.23. The molecule has 29 heavy (non-hydrogen) atoms. The van der Waals surface area contributed by atoms with Gasteiger partial charge in [0.15, 0.2) is 5.17 Å². The average Bonchev–Trinajstić information content (AvgIpc) is 3.26. The molecule has 0 aromatic heterocycles. The van der Waals surface area contributed by atoms with Crippen molar-refractivity contribution in [1.82, 2.24) is 10.6 Å². The Morgan fingerprint density at radius 3 is 2.62 bits per heavy atom. The van der Waals surface area contributed by atoms with Crippen LogP contribution in [0.4, 0.5) is 10.5 Å². The Kier molecular flexibility index (Phi) is 6.88. The van der Waals surface area contributed by atoms with Crippen molar-refractivity contribution in [3.63, 3.8) is 0 Å². The van der Waals surface area contributed by atoms with E-state index in [9.17, 15) is 19.2 Å². The Bertz CT molecular complexity index is 900. The van der Waals surface area contributed by atoms with E-state index in [1.807, 2.05) is 0 Å². The normalized spacial score (nSPS) is 21.2. The summed E-state index contributed by atoms with van der Waals surface area (Å²) in [5.74, 6) is -0.319. The first-order valence-corrected chi connectivity index (χ1v) is 10.4. The van der Waals surface area contributed by atoms with Crippen molar-refractivity contribution >= 4 is 63.2 Å². The highest BCUT2D eigenvalue weighted by molar-refractivity contribution is 8.15. The van der Waals surface area contributed by atoms with E-state index in [0.717, 1.165) is 23.5 Å². The lowest BCUT2D eigenvalue weighted by Crippen LogP contribution is -2.28. The summed E-state index contributed by atoms with van der Waals surface area (Å²) in [6.45, 7) is 2.00. The van der Waals surface area contributed by atoms with Gasteiger partial charge >= 0.3 is 5.97 Å². The molecule has 152 valence electrons. The summed E-state index contributed by atoms with van der Waals surface area (Å²) in [5.41, 5.74) is 0.885. The maximum atomic E-state index is 12.2. The number of hydrogen-bond acceptors (Lipinski definition) is 9. The van der Waals surface area contributed by atoms with Crippen LogP contribution in [-0.2, 0) is 14.3 Å². The van der Waals surface area contributed by atoms with Gasteiger partial charge in [0.2, 0.25) is 11.8 Å². The van der Waals surface area contributed by atoms with Gasteiger partial charge in [0.05, 0.1) is 17.9 Å². The number of anilines is 1. The number of thioether (sulfide) groups is 2. The van der Waals surface area contributed by atoms with Crippen LogP contribution in [0.15, 0.2) is 34.5 Å². The highest BCUT2D eigenvalue weighted by Gasteiger charge is 2.32. The minimum absolute atomic E-state index is 0.0572. The maximum Gasteiger partial charge on any atom is 0.338 e. The molecule has 10 nitrogen and oxygen atoms in total. The Labute approximate surface area is 174 Å². The SMILES string of the molecule is CCOC(=O)c1ccc(NC(=O)C[C@@H]2S/C(=N/N=C3/CSC(=O)N3)NC2=O)cc1. The third-order valence-electron chi connectivity index (χ3n) is 3.67. The predicted octanol–water partition coefficient (Wildman–Crippen LogP) is 1.55. The number of rotatable bonds is 6. The van der Waals surface area contributed by atoms with Gasteiger partial charge in [0, 0.05) is 12.1 Å². The molecule has 3 rings (SSSR count). The molecular weight excluding hydrogens is 418 g/mol. The second kappa shape index (κ2) is 9.56. The van der Waals surface area contributed by atoms with E-state index in [0.29, 0.717) is 22.8 Å². The molecule has 0 aliphatic carbocycles. The zero-order chi connectivity index (χ0) is 20.8. The van der Waals surface area contributed by atoms with Crippen LogP contribution in [0.3, 0.4) is 0 Å². The number of nitrogens with one attached hydrogen (secondary N) is 3. The molecule has 0 spiro atoms. The van der Waals surface area contributed by atoms with Crippen LogP contribution in [0, 0.1) is 0 Å². The maximum absolute atomic E-state index is 12.2. The lowest BCUT2D eigenvalue weighted by atomic mass is 10.2. The van der Waals surface area contributed by atoms with Gasteiger partial charge < -0.3 is 20.7 Å². The molecule has 2 fully saturated rings. The van der Waals surface area contributed by atoms with Crippen molar-refractivity contribution in [2.45, 2.75) is 18.6 Å². The number of esters is 1. The molecule has 1 atom stereocenters. The molecule has 3 N–H and O–H groups in total. The molecular formula is C17H17N5O5S2. The molecule has 3 amide bonds. The van der Waals surface area contributed by atoms with Gasteiger partial charge in [-0.05, 0) is 31.2 Å². The highest BCUT2D eigenvalue weighted by atomic mass is 32.2.